The first-order valence-electron chi connectivity index (χ1n) is 5.10. The summed E-state index contributed by atoms with van der Waals surface area (Å²) >= 11 is 0. The average Bonchev–Trinajstić information content (AvgIpc) is 2.16. The lowest BCUT2D eigenvalue weighted by molar-refractivity contribution is 0.115. The molecule has 0 aliphatic carbocycles. The molecule has 0 aromatic heterocycles. The highest BCUT2D eigenvalue weighted by Crippen LogP contribution is 2.20. The van der Waals surface area contributed by atoms with Gasteiger partial charge in [0, 0.05) is 12.5 Å². The number of rotatable bonds is 5. The molecule has 0 heterocycles. The van der Waals surface area contributed by atoms with Gasteiger partial charge in [-0.1, -0.05) is 6.07 Å². The highest BCUT2D eigenvalue weighted by atomic mass is 16.5. The first-order chi connectivity index (χ1) is 7.11. The molecule has 0 saturated carbocycles. The van der Waals surface area contributed by atoms with Crippen LogP contribution in [0.5, 0.6) is 11.5 Å². The van der Waals surface area contributed by atoms with Crippen molar-refractivity contribution in [1.82, 2.24) is 0 Å². The van der Waals surface area contributed by atoms with E-state index in [9.17, 15) is 5.11 Å². The second-order valence-corrected chi connectivity index (χ2v) is 3.69. The molecule has 3 heteroatoms. The molecule has 0 spiro atoms. The fraction of sp³-hybridized carbons (Fsp3) is 0.500. The van der Waals surface area contributed by atoms with Gasteiger partial charge in [0.05, 0.1) is 19.3 Å². The molecule has 0 saturated heterocycles. The van der Waals surface area contributed by atoms with Crippen LogP contribution in [0.2, 0.25) is 0 Å². The summed E-state index contributed by atoms with van der Waals surface area (Å²) in [5.74, 6) is 1.54. The van der Waals surface area contributed by atoms with E-state index in [4.69, 9.17) is 9.47 Å². The van der Waals surface area contributed by atoms with E-state index in [1.807, 2.05) is 31.2 Å². The summed E-state index contributed by atoms with van der Waals surface area (Å²) < 4.78 is 10.7. The molecule has 1 N–H and O–H groups in total. The molecule has 15 heavy (non-hydrogen) atoms. The number of ether oxygens (including phenoxy) is 2. The van der Waals surface area contributed by atoms with E-state index in [0.717, 1.165) is 11.5 Å². The zero-order valence-corrected chi connectivity index (χ0v) is 9.43. The van der Waals surface area contributed by atoms with Crippen LogP contribution in [0.15, 0.2) is 24.3 Å². The minimum Gasteiger partial charge on any atom is -0.497 e. The third-order valence-electron chi connectivity index (χ3n) is 2.05. The van der Waals surface area contributed by atoms with Crippen molar-refractivity contribution in [2.24, 2.45) is 0 Å². The maximum Gasteiger partial charge on any atom is 0.123 e. The van der Waals surface area contributed by atoms with Crippen molar-refractivity contribution >= 4 is 0 Å². The maximum atomic E-state index is 9.20. The predicted molar refractivity (Wildman–Crippen MR) is 59.4 cm³/mol. The Kier molecular flexibility index (Phi) is 4.43. The zero-order valence-electron chi connectivity index (χ0n) is 9.43. The first kappa shape index (κ1) is 11.9. The van der Waals surface area contributed by atoms with Crippen LogP contribution in [-0.2, 0) is 0 Å². The molecule has 0 bridgehead atoms. The van der Waals surface area contributed by atoms with E-state index in [1.165, 1.54) is 0 Å². The van der Waals surface area contributed by atoms with Gasteiger partial charge in [0.15, 0.2) is 0 Å². The summed E-state index contributed by atoms with van der Waals surface area (Å²) in [6.07, 6.45) is 0.278. The van der Waals surface area contributed by atoms with Gasteiger partial charge in [0.2, 0.25) is 0 Å². The van der Waals surface area contributed by atoms with Gasteiger partial charge in [-0.2, -0.15) is 0 Å². The molecule has 1 aromatic carbocycles. The fourth-order valence-electron chi connectivity index (χ4n) is 1.44. The lowest BCUT2D eigenvalue weighted by Gasteiger charge is -2.16. The maximum absolute atomic E-state index is 9.20. The third kappa shape index (κ3) is 4.21. The Balaban J connectivity index is 2.55. The van der Waals surface area contributed by atoms with Gasteiger partial charge in [-0.3, -0.25) is 0 Å². The van der Waals surface area contributed by atoms with Gasteiger partial charge in [0.25, 0.3) is 0 Å². The Morgan fingerprint density at radius 2 is 1.93 bits per heavy atom. The molecule has 1 rings (SSSR count). The Morgan fingerprint density at radius 1 is 1.27 bits per heavy atom. The minimum absolute atomic E-state index is 0.00268. The minimum atomic E-state index is -0.342. The third-order valence-corrected chi connectivity index (χ3v) is 2.05. The molecule has 3 nitrogen and oxygen atoms in total. The fourth-order valence-corrected chi connectivity index (χ4v) is 1.44. The van der Waals surface area contributed by atoms with Gasteiger partial charge in [0.1, 0.15) is 11.5 Å². The van der Waals surface area contributed by atoms with Crippen molar-refractivity contribution in [1.29, 1.82) is 0 Å². The first-order valence-corrected chi connectivity index (χ1v) is 5.10. The van der Waals surface area contributed by atoms with E-state index >= 15 is 0 Å². The lowest BCUT2D eigenvalue weighted by atomic mass is 10.2. The Hall–Kier alpha value is -1.22. The summed E-state index contributed by atoms with van der Waals surface area (Å²) in [4.78, 5) is 0. The van der Waals surface area contributed by atoms with Gasteiger partial charge in [-0.25, -0.2) is 0 Å². The topological polar surface area (TPSA) is 38.7 Å². The Morgan fingerprint density at radius 3 is 2.53 bits per heavy atom. The normalized spacial score (nSPS) is 14.4. The quantitative estimate of drug-likeness (QED) is 0.810. The van der Waals surface area contributed by atoms with Gasteiger partial charge in [-0.15, -0.1) is 0 Å². The van der Waals surface area contributed by atoms with Crippen molar-refractivity contribution in [2.75, 3.05) is 7.11 Å². The molecule has 1 aromatic rings. The molecule has 0 aliphatic heterocycles. The van der Waals surface area contributed by atoms with Crippen molar-refractivity contribution in [3.8, 4) is 11.5 Å². The summed E-state index contributed by atoms with van der Waals surface area (Å²) in [5.41, 5.74) is 0. The molecule has 0 amide bonds. The van der Waals surface area contributed by atoms with Gasteiger partial charge < -0.3 is 14.6 Å². The molecule has 2 unspecified atom stereocenters. The number of hydrogen-bond acceptors (Lipinski definition) is 3. The van der Waals surface area contributed by atoms with E-state index in [2.05, 4.69) is 0 Å². The second-order valence-electron chi connectivity index (χ2n) is 3.69. The van der Waals surface area contributed by atoms with E-state index in [0.29, 0.717) is 6.42 Å². The number of aliphatic hydroxyl groups is 1. The van der Waals surface area contributed by atoms with E-state index in [-0.39, 0.29) is 12.2 Å². The Bertz CT molecular complexity index is 297. The standard InChI is InChI=1S/C12H18O3/c1-9(13)7-10(2)15-12-6-4-5-11(8-12)14-3/h4-6,8-10,13H,7H2,1-3H3. The number of benzene rings is 1. The van der Waals surface area contributed by atoms with Crippen LogP contribution in [0.3, 0.4) is 0 Å². The molecule has 0 radical (unpaired) electrons. The largest absolute Gasteiger partial charge is 0.497 e. The van der Waals surface area contributed by atoms with Crippen molar-refractivity contribution in [3.63, 3.8) is 0 Å². The average molecular weight is 210 g/mol. The molecular formula is C12H18O3. The molecule has 0 aliphatic rings. The second kappa shape index (κ2) is 5.61. The lowest BCUT2D eigenvalue weighted by Crippen LogP contribution is -2.18. The van der Waals surface area contributed by atoms with Crippen LogP contribution in [0, 0.1) is 0 Å². The van der Waals surface area contributed by atoms with Crippen molar-refractivity contribution < 1.29 is 14.6 Å². The summed E-state index contributed by atoms with van der Waals surface area (Å²) in [6.45, 7) is 3.69. The predicted octanol–water partition coefficient (Wildman–Crippen LogP) is 2.23. The molecule has 0 fully saturated rings. The highest BCUT2D eigenvalue weighted by molar-refractivity contribution is 5.32. The van der Waals surface area contributed by atoms with Crippen LogP contribution >= 0.6 is 0 Å². The number of aliphatic hydroxyl groups excluding tert-OH is 1. The van der Waals surface area contributed by atoms with Crippen molar-refractivity contribution in [2.45, 2.75) is 32.5 Å². The summed E-state index contributed by atoms with van der Waals surface area (Å²) in [7, 11) is 1.62. The van der Waals surface area contributed by atoms with E-state index in [1.54, 1.807) is 14.0 Å². The van der Waals surface area contributed by atoms with Crippen LogP contribution in [0.1, 0.15) is 20.3 Å². The van der Waals surface area contributed by atoms with Crippen LogP contribution in [-0.4, -0.2) is 24.4 Å². The zero-order chi connectivity index (χ0) is 11.3. The van der Waals surface area contributed by atoms with Crippen LogP contribution < -0.4 is 9.47 Å². The smallest absolute Gasteiger partial charge is 0.123 e. The Labute approximate surface area is 90.6 Å². The summed E-state index contributed by atoms with van der Waals surface area (Å²) in [6, 6.07) is 7.45. The molecule has 84 valence electrons. The number of hydrogen-bond donors (Lipinski definition) is 1. The molecule has 2 atom stereocenters. The van der Waals surface area contributed by atoms with Gasteiger partial charge in [-0.05, 0) is 26.0 Å². The molecular weight excluding hydrogens is 192 g/mol. The SMILES string of the molecule is COc1cccc(OC(C)CC(C)O)c1. The van der Waals surface area contributed by atoms with Crippen molar-refractivity contribution in [3.05, 3.63) is 24.3 Å². The van der Waals surface area contributed by atoms with E-state index < -0.39 is 0 Å². The van der Waals surface area contributed by atoms with Gasteiger partial charge >= 0.3 is 0 Å². The number of methoxy groups -OCH3 is 1. The van der Waals surface area contributed by atoms with Crippen LogP contribution in [0.4, 0.5) is 0 Å². The summed E-state index contributed by atoms with van der Waals surface area (Å²) in [5, 5.41) is 9.20. The monoisotopic (exact) mass is 210 g/mol. The van der Waals surface area contributed by atoms with Crippen LogP contribution in [0.25, 0.3) is 0 Å². The highest BCUT2D eigenvalue weighted by Gasteiger charge is 2.07.